The minimum Gasteiger partial charge on any atom is -0.396 e. The highest BCUT2D eigenvalue weighted by Crippen LogP contribution is 2.11. The summed E-state index contributed by atoms with van der Waals surface area (Å²) in [6.07, 6.45) is 0.451. The van der Waals surface area contributed by atoms with Crippen molar-refractivity contribution in [3.8, 4) is 0 Å². The number of aliphatic hydroxyl groups excluding tert-OH is 1. The number of carbonyl (C=O) groups excluding carboxylic acids is 1. The molecule has 1 aromatic heterocycles. The zero-order valence-electron chi connectivity index (χ0n) is 10.3. The molecule has 1 aromatic rings. The zero-order chi connectivity index (χ0) is 13.7. The molecule has 0 radical (unpaired) electrons. The molecule has 0 aliphatic rings. The van der Waals surface area contributed by atoms with Crippen LogP contribution in [0.5, 0.6) is 0 Å². The van der Waals surface area contributed by atoms with Crippen molar-refractivity contribution in [2.45, 2.75) is 26.3 Å². The fourth-order valence-electron chi connectivity index (χ4n) is 1.58. The summed E-state index contributed by atoms with van der Waals surface area (Å²) >= 11 is 0. The summed E-state index contributed by atoms with van der Waals surface area (Å²) in [4.78, 5) is 24.1. The Bertz CT molecular complexity index is 428. The maximum atomic E-state index is 11.8. The van der Waals surface area contributed by atoms with Crippen molar-refractivity contribution in [3.05, 3.63) is 27.9 Å². The summed E-state index contributed by atoms with van der Waals surface area (Å²) < 4.78 is 0. The number of H-pyrrole nitrogens is 1. The van der Waals surface area contributed by atoms with Crippen molar-refractivity contribution in [2.24, 2.45) is 5.92 Å². The molecular formula is C11H17N3O4. The van der Waals surface area contributed by atoms with E-state index in [1.807, 2.05) is 13.8 Å². The lowest BCUT2D eigenvalue weighted by Gasteiger charge is -2.20. The Balaban J connectivity index is 2.71. The fourth-order valence-corrected chi connectivity index (χ4v) is 1.58. The van der Waals surface area contributed by atoms with E-state index in [2.05, 4.69) is 10.3 Å². The van der Waals surface area contributed by atoms with E-state index in [0.29, 0.717) is 6.42 Å². The van der Waals surface area contributed by atoms with Gasteiger partial charge in [-0.3, -0.25) is 4.79 Å². The number of aromatic amines is 1. The average molecular weight is 255 g/mol. The third-order valence-electron chi connectivity index (χ3n) is 2.67. The normalized spacial score (nSPS) is 12.4. The van der Waals surface area contributed by atoms with Gasteiger partial charge < -0.3 is 20.5 Å². The van der Waals surface area contributed by atoms with Gasteiger partial charge in [0.15, 0.2) is 5.69 Å². The minimum absolute atomic E-state index is 0.0198. The van der Waals surface area contributed by atoms with Crippen molar-refractivity contribution in [1.82, 2.24) is 10.3 Å². The molecule has 1 amide bonds. The Labute approximate surface area is 104 Å². The quantitative estimate of drug-likeness (QED) is 0.521. The van der Waals surface area contributed by atoms with E-state index < -0.39 is 10.8 Å². The molecule has 0 bridgehead atoms. The average Bonchev–Trinajstić information content (AvgIpc) is 2.77. The molecule has 0 saturated carbocycles. The number of aromatic nitrogens is 1. The summed E-state index contributed by atoms with van der Waals surface area (Å²) in [6, 6.07) is 2.44. The van der Waals surface area contributed by atoms with Crippen molar-refractivity contribution in [2.75, 3.05) is 6.61 Å². The second-order valence-electron chi connectivity index (χ2n) is 4.35. The monoisotopic (exact) mass is 255 g/mol. The van der Waals surface area contributed by atoms with Crippen LogP contribution in [-0.4, -0.2) is 33.6 Å². The van der Waals surface area contributed by atoms with Crippen LogP contribution in [0.3, 0.4) is 0 Å². The minimum atomic E-state index is -0.593. The lowest BCUT2D eigenvalue weighted by Crippen LogP contribution is -2.39. The summed E-state index contributed by atoms with van der Waals surface area (Å²) in [6.45, 7) is 3.84. The molecule has 7 heteroatoms. The molecule has 1 atom stereocenters. The van der Waals surface area contributed by atoms with Gasteiger partial charge >= 0.3 is 5.82 Å². The van der Waals surface area contributed by atoms with Crippen LogP contribution < -0.4 is 5.32 Å². The molecule has 18 heavy (non-hydrogen) atoms. The Morgan fingerprint density at radius 3 is 2.67 bits per heavy atom. The number of nitrogens with zero attached hydrogens (tertiary/aromatic N) is 1. The summed E-state index contributed by atoms with van der Waals surface area (Å²) in [7, 11) is 0. The van der Waals surface area contributed by atoms with E-state index in [0.717, 1.165) is 0 Å². The Morgan fingerprint density at radius 1 is 1.56 bits per heavy atom. The third-order valence-corrected chi connectivity index (χ3v) is 2.67. The number of hydrogen-bond acceptors (Lipinski definition) is 4. The Kier molecular flexibility index (Phi) is 4.85. The molecule has 0 saturated heterocycles. The largest absolute Gasteiger partial charge is 0.396 e. The van der Waals surface area contributed by atoms with Crippen LogP contribution in [0.1, 0.15) is 30.8 Å². The summed E-state index contributed by atoms with van der Waals surface area (Å²) in [5, 5.41) is 22.1. The molecule has 1 unspecified atom stereocenters. The second-order valence-corrected chi connectivity index (χ2v) is 4.35. The van der Waals surface area contributed by atoms with Crippen LogP contribution >= 0.6 is 0 Å². The third kappa shape index (κ3) is 3.56. The molecule has 1 heterocycles. The maximum absolute atomic E-state index is 11.8. The van der Waals surface area contributed by atoms with Crippen LogP contribution in [0.25, 0.3) is 0 Å². The molecular weight excluding hydrogens is 238 g/mol. The lowest BCUT2D eigenvalue weighted by atomic mass is 10.0. The predicted molar refractivity (Wildman–Crippen MR) is 65.2 cm³/mol. The molecule has 1 rings (SSSR count). The van der Waals surface area contributed by atoms with Gasteiger partial charge in [-0.1, -0.05) is 13.8 Å². The second kappa shape index (κ2) is 6.15. The van der Waals surface area contributed by atoms with Gasteiger partial charge in [0.2, 0.25) is 0 Å². The SMILES string of the molecule is CC(C)C(CCO)NC(=O)c1ccc([N+](=O)[O-])[nH]1. The highest BCUT2D eigenvalue weighted by atomic mass is 16.6. The van der Waals surface area contributed by atoms with E-state index >= 15 is 0 Å². The van der Waals surface area contributed by atoms with Gasteiger partial charge in [-0.15, -0.1) is 0 Å². The number of rotatable bonds is 6. The first kappa shape index (κ1) is 14.2. The summed E-state index contributed by atoms with van der Waals surface area (Å²) in [5.41, 5.74) is 0.144. The molecule has 0 aliphatic carbocycles. The number of hydrogen-bond donors (Lipinski definition) is 3. The number of carbonyl (C=O) groups is 1. The van der Waals surface area contributed by atoms with Gasteiger partial charge in [0.05, 0.1) is 0 Å². The van der Waals surface area contributed by atoms with Crippen LogP contribution in [0.15, 0.2) is 12.1 Å². The molecule has 3 N–H and O–H groups in total. The molecule has 7 nitrogen and oxygen atoms in total. The van der Waals surface area contributed by atoms with Gasteiger partial charge in [0, 0.05) is 18.7 Å². The lowest BCUT2D eigenvalue weighted by molar-refractivity contribution is -0.389. The summed E-state index contributed by atoms with van der Waals surface area (Å²) in [5.74, 6) is -0.454. The van der Waals surface area contributed by atoms with Gasteiger partial charge in [0.1, 0.15) is 0 Å². The van der Waals surface area contributed by atoms with Crippen LogP contribution in [0.4, 0.5) is 5.82 Å². The number of amides is 1. The van der Waals surface area contributed by atoms with Crippen molar-refractivity contribution < 1.29 is 14.8 Å². The first-order valence-electron chi connectivity index (χ1n) is 5.70. The Morgan fingerprint density at radius 2 is 2.22 bits per heavy atom. The van der Waals surface area contributed by atoms with Gasteiger partial charge in [-0.2, -0.15) is 0 Å². The van der Waals surface area contributed by atoms with E-state index in [4.69, 9.17) is 5.11 Å². The zero-order valence-corrected chi connectivity index (χ0v) is 10.3. The molecule has 0 spiro atoms. The number of nitrogens with one attached hydrogen (secondary N) is 2. The van der Waals surface area contributed by atoms with Crippen molar-refractivity contribution in [1.29, 1.82) is 0 Å². The maximum Gasteiger partial charge on any atom is 0.321 e. The first-order valence-corrected chi connectivity index (χ1v) is 5.70. The smallest absolute Gasteiger partial charge is 0.321 e. The van der Waals surface area contributed by atoms with Gasteiger partial charge in [0.25, 0.3) is 5.91 Å². The fraction of sp³-hybridized carbons (Fsp3) is 0.545. The van der Waals surface area contributed by atoms with E-state index in [1.54, 1.807) is 0 Å². The molecule has 0 fully saturated rings. The van der Waals surface area contributed by atoms with Gasteiger partial charge in [-0.05, 0) is 23.3 Å². The van der Waals surface area contributed by atoms with Gasteiger partial charge in [-0.25, -0.2) is 4.98 Å². The van der Waals surface area contributed by atoms with E-state index in [9.17, 15) is 14.9 Å². The number of nitro groups is 1. The highest BCUT2D eigenvalue weighted by molar-refractivity contribution is 5.93. The van der Waals surface area contributed by atoms with Crippen LogP contribution in [-0.2, 0) is 0 Å². The molecule has 0 aromatic carbocycles. The molecule has 100 valence electrons. The van der Waals surface area contributed by atoms with Crippen molar-refractivity contribution >= 4 is 11.7 Å². The van der Waals surface area contributed by atoms with Crippen LogP contribution in [0.2, 0.25) is 0 Å². The van der Waals surface area contributed by atoms with Crippen molar-refractivity contribution in [3.63, 3.8) is 0 Å². The highest BCUT2D eigenvalue weighted by Gasteiger charge is 2.20. The predicted octanol–water partition coefficient (Wildman–Crippen LogP) is 1.06. The number of aliphatic hydroxyl groups is 1. The van der Waals surface area contributed by atoms with Crippen LogP contribution in [0, 0.1) is 16.0 Å². The topological polar surface area (TPSA) is 108 Å². The molecule has 0 aliphatic heterocycles. The van der Waals surface area contributed by atoms with E-state index in [1.165, 1.54) is 12.1 Å². The standard InChI is InChI=1S/C11H17N3O4/c1-7(2)8(5-6-15)13-11(16)9-3-4-10(12-9)14(17)18/h3-4,7-8,12,15H,5-6H2,1-2H3,(H,13,16). The Hall–Kier alpha value is -1.89. The van der Waals surface area contributed by atoms with E-state index in [-0.39, 0.29) is 30.1 Å². The first-order chi connectivity index (χ1) is 8.45.